The lowest BCUT2D eigenvalue weighted by Crippen LogP contribution is -2.36. The first-order valence-corrected chi connectivity index (χ1v) is 9.04. The lowest BCUT2D eigenvalue weighted by Gasteiger charge is -2.26. The molecule has 2 rings (SSSR count). The summed E-state index contributed by atoms with van der Waals surface area (Å²) in [5.41, 5.74) is 0.714. The standard InChI is InChI=1S/C16H21NO5S/c1-12-6-7-14(16(19)22-11-13(2)18)10-15(12)23(20,21)17-8-4-3-5-9-17/h6-7,10H,3-5,8-9,11H2,1-2H3. The smallest absolute Gasteiger partial charge is 0.338 e. The first-order chi connectivity index (χ1) is 10.8. The Balaban J connectivity index is 2.29. The molecule has 1 aromatic rings. The van der Waals surface area contributed by atoms with Crippen LogP contribution in [-0.4, -0.2) is 44.2 Å². The molecule has 0 radical (unpaired) electrons. The van der Waals surface area contributed by atoms with Gasteiger partial charge in [-0.2, -0.15) is 4.31 Å². The Morgan fingerprint density at radius 2 is 1.83 bits per heavy atom. The highest BCUT2D eigenvalue weighted by molar-refractivity contribution is 7.89. The Morgan fingerprint density at radius 3 is 2.43 bits per heavy atom. The van der Waals surface area contributed by atoms with E-state index < -0.39 is 16.0 Å². The zero-order chi connectivity index (χ0) is 17.0. The van der Waals surface area contributed by atoms with Gasteiger partial charge in [0.2, 0.25) is 10.0 Å². The van der Waals surface area contributed by atoms with Crippen molar-refractivity contribution in [2.45, 2.75) is 38.0 Å². The number of nitrogens with zero attached hydrogens (tertiary/aromatic N) is 1. The summed E-state index contributed by atoms with van der Waals surface area (Å²) in [6.45, 7) is 3.69. The highest BCUT2D eigenvalue weighted by Crippen LogP contribution is 2.24. The molecule has 23 heavy (non-hydrogen) atoms. The number of ether oxygens (including phenoxy) is 1. The van der Waals surface area contributed by atoms with Crippen LogP contribution in [0.15, 0.2) is 23.1 Å². The number of rotatable bonds is 5. The minimum atomic E-state index is -3.62. The topological polar surface area (TPSA) is 80.8 Å². The van der Waals surface area contributed by atoms with E-state index in [-0.39, 0.29) is 22.8 Å². The van der Waals surface area contributed by atoms with Gasteiger partial charge in [0.05, 0.1) is 10.5 Å². The third kappa shape index (κ3) is 4.17. The quantitative estimate of drug-likeness (QED) is 0.766. The maximum Gasteiger partial charge on any atom is 0.338 e. The Morgan fingerprint density at radius 1 is 1.17 bits per heavy atom. The molecule has 0 aliphatic carbocycles. The molecule has 7 heteroatoms. The number of hydrogen-bond donors (Lipinski definition) is 0. The first-order valence-electron chi connectivity index (χ1n) is 7.60. The molecular formula is C16H21NO5S. The number of Topliss-reactive ketones (excluding diaryl/α,β-unsaturated/α-hetero) is 1. The predicted molar refractivity (Wildman–Crippen MR) is 84.8 cm³/mol. The summed E-state index contributed by atoms with van der Waals surface area (Å²) < 4.78 is 31.8. The van der Waals surface area contributed by atoms with E-state index in [9.17, 15) is 18.0 Å². The number of carbonyl (C=O) groups excluding carboxylic acids is 2. The lowest BCUT2D eigenvalue weighted by atomic mass is 10.1. The molecule has 1 saturated heterocycles. The molecule has 0 amide bonds. The summed E-state index contributed by atoms with van der Waals surface area (Å²) >= 11 is 0. The van der Waals surface area contributed by atoms with E-state index in [0.717, 1.165) is 19.3 Å². The zero-order valence-electron chi connectivity index (χ0n) is 13.4. The van der Waals surface area contributed by atoms with Gasteiger partial charge in [0.25, 0.3) is 0 Å². The van der Waals surface area contributed by atoms with E-state index in [0.29, 0.717) is 18.7 Å². The highest BCUT2D eigenvalue weighted by atomic mass is 32.2. The summed E-state index contributed by atoms with van der Waals surface area (Å²) in [4.78, 5) is 22.9. The maximum absolute atomic E-state index is 12.8. The molecule has 0 aromatic heterocycles. The molecule has 0 atom stereocenters. The molecular weight excluding hydrogens is 318 g/mol. The molecule has 0 N–H and O–H groups in total. The largest absolute Gasteiger partial charge is 0.454 e. The average molecular weight is 339 g/mol. The first kappa shape index (κ1) is 17.6. The summed E-state index contributed by atoms with van der Waals surface area (Å²) in [6, 6.07) is 4.43. The van der Waals surface area contributed by atoms with Crippen LogP contribution in [0.5, 0.6) is 0 Å². The van der Waals surface area contributed by atoms with Crippen molar-refractivity contribution in [3.63, 3.8) is 0 Å². The molecule has 126 valence electrons. The van der Waals surface area contributed by atoms with Crippen molar-refractivity contribution in [1.29, 1.82) is 0 Å². The van der Waals surface area contributed by atoms with Crippen LogP contribution in [0.3, 0.4) is 0 Å². The van der Waals surface area contributed by atoms with Gasteiger partial charge < -0.3 is 4.74 Å². The SMILES string of the molecule is CC(=O)COC(=O)c1ccc(C)c(S(=O)(=O)N2CCCCC2)c1. The number of ketones is 1. The van der Waals surface area contributed by atoms with Crippen molar-refractivity contribution in [2.75, 3.05) is 19.7 Å². The summed E-state index contributed by atoms with van der Waals surface area (Å²) in [7, 11) is -3.62. The second-order valence-electron chi connectivity index (χ2n) is 5.72. The van der Waals surface area contributed by atoms with Gasteiger partial charge in [-0.1, -0.05) is 12.5 Å². The van der Waals surface area contributed by atoms with Gasteiger partial charge in [0.1, 0.15) is 6.61 Å². The Hall–Kier alpha value is -1.73. The molecule has 1 aliphatic heterocycles. The summed E-state index contributed by atoms with van der Waals surface area (Å²) in [5.74, 6) is -0.970. The molecule has 0 spiro atoms. The molecule has 1 fully saturated rings. The van der Waals surface area contributed by atoms with Crippen LogP contribution in [0.4, 0.5) is 0 Å². The van der Waals surface area contributed by atoms with Crippen molar-refractivity contribution in [3.05, 3.63) is 29.3 Å². The second-order valence-corrected chi connectivity index (χ2v) is 7.63. The van der Waals surface area contributed by atoms with Crippen molar-refractivity contribution in [1.82, 2.24) is 4.31 Å². The highest BCUT2D eigenvalue weighted by Gasteiger charge is 2.28. The minimum absolute atomic E-state index is 0.122. The fourth-order valence-electron chi connectivity index (χ4n) is 2.50. The summed E-state index contributed by atoms with van der Waals surface area (Å²) in [6.07, 6.45) is 2.72. The Kier molecular flexibility index (Phi) is 5.54. The number of sulfonamides is 1. The van der Waals surface area contributed by atoms with Crippen LogP contribution < -0.4 is 0 Å². The number of hydrogen-bond acceptors (Lipinski definition) is 5. The van der Waals surface area contributed by atoms with E-state index in [1.54, 1.807) is 13.0 Å². The maximum atomic E-state index is 12.8. The van der Waals surface area contributed by atoms with Crippen LogP contribution in [-0.2, 0) is 19.6 Å². The summed E-state index contributed by atoms with van der Waals surface area (Å²) in [5, 5.41) is 0. The average Bonchev–Trinajstić information content (AvgIpc) is 2.53. The van der Waals surface area contributed by atoms with Gasteiger partial charge in [0.15, 0.2) is 5.78 Å². The van der Waals surface area contributed by atoms with Crippen LogP contribution in [0.2, 0.25) is 0 Å². The van der Waals surface area contributed by atoms with E-state index >= 15 is 0 Å². The lowest BCUT2D eigenvalue weighted by molar-refractivity contribution is -0.120. The zero-order valence-corrected chi connectivity index (χ0v) is 14.2. The molecule has 6 nitrogen and oxygen atoms in total. The van der Waals surface area contributed by atoms with E-state index in [4.69, 9.17) is 4.74 Å². The number of benzene rings is 1. The van der Waals surface area contributed by atoms with Crippen LogP contribution in [0.25, 0.3) is 0 Å². The van der Waals surface area contributed by atoms with Crippen LogP contribution in [0, 0.1) is 6.92 Å². The monoisotopic (exact) mass is 339 g/mol. The molecule has 0 unspecified atom stereocenters. The predicted octanol–water partition coefficient (Wildman–Crippen LogP) is 1.92. The van der Waals surface area contributed by atoms with Gasteiger partial charge >= 0.3 is 5.97 Å². The Bertz CT molecular complexity index is 705. The van der Waals surface area contributed by atoms with Gasteiger partial charge in [0, 0.05) is 13.1 Å². The van der Waals surface area contributed by atoms with Crippen molar-refractivity contribution >= 4 is 21.8 Å². The molecule has 1 heterocycles. The van der Waals surface area contributed by atoms with E-state index in [1.165, 1.54) is 23.4 Å². The number of aryl methyl sites for hydroxylation is 1. The number of carbonyl (C=O) groups is 2. The second kappa shape index (κ2) is 7.23. The Labute approximate surface area is 136 Å². The van der Waals surface area contributed by atoms with Gasteiger partial charge in [-0.25, -0.2) is 13.2 Å². The van der Waals surface area contributed by atoms with Crippen molar-refractivity contribution in [2.24, 2.45) is 0 Å². The minimum Gasteiger partial charge on any atom is -0.454 e. The van der Waals surface area contributed by atoms with Gasteiger partial charge in [-0.05, 0) is 44.4 Å². The molecule has 0 bridgehead atoms. The third-order valence-electron chi connectivity index (χ3n) is 3.76. The fraction of sp³-hybridized carbons (Fsp3) is 0.500. The van der Waals surface area contributed by atoms with Gasteiger partial charge in [-0.15, -0.1) is 0 Å². The third-order valence-corrected chi connectivity index (χ3v) is 5.80. The van der Waals surface area contributed by atoms with Crippen molar-refractivity contribution in [3.8, 4) is 0 Å². The molecule has 0 saturated carbocycles. The number of esters is 1. The van der Waals surface area contributed by atoms with Gasteiger partial charge in [-0.3, -0.25) is 4.79 Å². The normalized spacial score (nSPS) is 16.1. The van der Waals surface area contributed by atoms with Crippen LogP contribution >= 0.6 is 0 Å². The van der Waals surface area contributed by atoms with E-state index in [2.05, 4.69) is 0 Å². The van der Waals surface area contributed by atoms with Crippen molar-refractivity contribution < 1.29 is 22.7 Å². The number of piperidine rings is 1. The molecule has 1 aliphatic rings. The fourth-order valence-corrected chi connectivity index (χ4v) is 4.27. The van der Waals surface area contributed by atoms with Crippen LogP contribution in [0.1, 0.15) is 42.1 Å². The van der Waals surface area contributed by atoms with E-state index in [1.807, 2.05) is 0 Å². The molecule has 1 aromatic carbocycles.